The number of hydrogen-bond acceptors (Lipinski definition) is 2. The maximum absolute atomic E-state index is 4.80. The number of ether oxygens (including phenoxy) is 1. The summed E-state index contributed by atoms with van der Waals surface area (Å²) in [6, 6.07) is 0. The Kier molecular flexibility index (Phi) is 14.8. The van der Waals surface area contributed by atoms with Gasteiger partial charge in [0.1, 0.15) is 5.76 Å². The van der Waals surface area contributed by atoms with Gasteiger partial charge in [0.15, 0.2) is 0 Å². The number of allylic oxidation sites excluding steroid dienone is 1. The first-order chi connectivity index (χ1) is 5.72. The van der Waals surface area contributed by atoms with Crippen molar-refractivity contribution in [3.05, 3.63) is 12.0 Å². The zero-order valence-electron chi connectivity index (χ0n) is 8.92. The monoisotopic (exact) mass is 171 g/mol. The lowest BCUT2D eigenvalue weighted by molar-refractivity contribution is 0.292. The summed E-state index contributed by atoms with van der Waals surface area (Å²) < 4.78 is 4.80. The van der Waals surface area contributed by atoms with Crippen molar-refractivity contribution < 1.29 is 4.74 Å². The summed E-state index contributed by atoms with van der Waals surface area (Å²) in [6.07, 6.45) is 6.02. The number of hydrogen-bond donors (Lipinski definition) is 0. The van der Waals surface area contributed by atoms with Gasteiger partial charge in [0.2, 0.25) is 0 Å². The lowest BCUT2D eigenvalue weighted by Crippen LogP contribution is -1.75. The minimum absolute atomic E-state index is 0.822. The second-order valence-electron chi connectivity index (χ2n) is 2.35. The van der Waals surface area contributed by atoms with E-state index in [1.807, 2.05) is 13.8 Å². The van der Waals surface area contributed by atoms with E-state index in [4.69, 9.17) is 4.74 Å². The highest BCUT2D eigenvalue weighted by Crippen LogP contribution is 1.90. The van der Waals surface area contributed by atoms with Crippen LogP contribution in [0.25, 0.3) is 0 Å². The van der Waals surface area contributed by atoms with E-state index in [1.54, 1.807) is 19.5 Å². The molecule has 2 heteroatoms. The summed E-state index contributed by atoms with van der Waals surface area (Å²) in [4.78, 5) is 3.83. The third-order valence-electron chi connectivity index (χ3n) is 1.23. The molecular formula is C10H21NO. The van der Waals surface area contributed by atoms with Crippen LogP contribution in [0.1, 0.15) is 40.5 Å². The number of rotatable bonds is 3. The molecule has 0 N–H and O–H groups in total. The molecule has 0 aromatic carbocycles. The van der Waals surface area contributed by atoms with Crippen LogP contribution in [0.3, 0.4) is 0 Å². The van der Waals surface area contributed by atoms with E-state index in [0.717, 1.165) is 5.76 Å². The van der Waals surface area contributed by atoms with Gasteiger partial charge in [-0.2, -0.15) is 0 Å². The fourth-order valence-corrected chi connectivity index (χ4v) is 0.232. The SMILES string of the molecule is CC=N/C=C(\C)OC.CCCC. The Hall–Kier alpha value is -0.790. The number of aliphatic imine (C=N–C) groups is 1. The molecule has 72 valence electrons. The molecule has 0 aliphatic heterocycles. The van der Waals surface area contributed by atoms with Gasteiger partial charge in [0, 0.05) is 6.21 Å². The molecule has 0 aliphatic rings. The number of unbranched alkanes of at least 4 members (excludes halogenated alkanes) is 1. The minimum Gasteiger partial charge on any atom is -0.500 e. The van der Waals surface area contributed by atoms with Gasteiger partial charge in [-0.05, 0) is 13.8 Å². The van der Waals surface area contributed by atoms with Gasteiger partial charge in [-0.3, -0.25) is 4.99 Å². The van der Waals surface area contributed by atoms with E-state index in [9.17, 15) is 0 Å². The van der Waals surface area contributed by atoms with Crippen LogP contribution in [-0.2, 0) is 4.74 Å². The average Bonchev–Trinajstić information content (AvgIpc) is 2.14. The van der Waals surface area contributed by atoms with Crippen LogP contribution >= 0.6 is 0 Å². The van der Waals surface area contributed by atoms with Crippen molar-refractivity contribution in [1.82, 2.24) is 0 Å². The molecule has 0 atom stereocenters. The van der Waals surface area contributed by atoms with Crippen molar-refractivity contribution in [1.29, 1.82) is 0 Å². The maximum atomic E-state index is 4.80. The van der Waals surface area contributed by atoms with Gasteiger partial charge in [-0.15, -0.1) is 0 Å². The Morgan fingerprint density at radius 1 is 1.33 bits per heavy atom. The maximum Gasteiger partial charge on any atom is 0.111 e. The molecule has 0 heterocycles. The van der Waals surface area contributed by atoms with Gasteiger partial charge in [-0.25, -0.2) is 0 Å². The smallest absolute Gasteiger partial charge is 0.111 e. The Labute approximate surface area is 76.3 Å². The molecule has 0 bridgehead atoms. The van der Waals surface area contributed by atoms with E-state index in [-0.39, 0.29) is 0 Å². The van der Waals surface area contributed by atoms with Crippen molar-refractivity contribution in [2.24, 2.45) is 4.99 Å². The minimum atomic E-state index is 0.822. The second kappa shape index (κ2) is 12.8. The van der Waals surface area contributed by atoms with Crippen molar-refractivity contribution in [3.63, 3.8) is 0 Å². The fraction of sp³-hybridized carbons (Fsp3) is 0.700. The van der Waals surface area contributed by atoms with E-state index in [1.165, 1.54) is 12.8 Å². The standard InChI is InChI=1S/C6H11NO.C4H10/c1-4-7-5-6(2)8-3;1-3-4-2/h4-5H,1-3H3;3-4H2,1-2H3/b6-5+,7-4?;. The van der Waals surface area contributed by atoms with Gasteiger partial charge in [-0.1, -0.05) is 26.7 Å². The predicted molar refractivity (Wildman–Crippen MR) is 55.5 cm³/mol. The summed E-state index contributed by atoms with van der Waals surface area (Å²) >= 11 is 0. The van der Waals surface area contributed by atoms with Crippen LogP contribution in [-0.4, -0.2) is 13.3 Å². The molecule has 0 rings (SSSR count). The lowest BCUT2D eigenvalue weighted by atomic mass is 10.4. The molecule has 0 radical (unpaired) electrons. The second-order valence-corrected chi connectivity index (χ2v) is 2.35. The number of methoxy groups -OCH3 is 1. The Bertz CT molecular complexity index is 126. The molecule has 0 unspecified atom stereocenters. The molecule has 0 spiro atoms. The zero-order chi connectivity index (χ0) is 9.82. The van der Waals surface area contributed by atoms with Crippen LogP contribution in [0, 0.1) is 0 Å². The van der Waals surface area contributed by atoms with Crippen molar-refractivity contribution in [2.75, 3.05) is 7.11 Å². The molecule has 0 aromatic heterocycles. The first-order valence-corrected chi connectivity index (χ1v) is 4.41. The molecule has 2 nitrogen and oxygen atoms in total. The largest absolute Gasteiger partial charge is 0.500 e. The summed E-state index contributed by atoms with van der Waals surface area (Å²) in [6.45, 7) is 8.08. The van der Waals surface area contributed by atoms with Gasteiger partial charge in [0.05, 0.1) is 13.3 Å². The topological polar surface area (TPSA) is 21.6 Å². The van der Waals surface area contributed by atoms with E-state index < -0.39 is 0 Å². The zero-order valence-corrected chi connectivity index (χ0v) is 8.92. The third kappa shape index (κ3) is 16.1. The quantitative estimate of drug-likeness (QED) is 0.471. The van der Waals surface area contributed by atoms with Gasteiger partial charge >= 0.3 is 0 Å². The average molecular weight is 171 g/mol. The fourth-order valence-electron chi connectivity index (χ4n) is 0.232. The van der Waals surface area contributed by atoms with Crippen molar-refractivity contribution in [3.8, 4) is 0 Å². The molecule has 0 fully saturated rings. The van der Waals surface area contributed by atoms with Crippen molar-refractivity contribution >= 4 is 6.21 Å². The van der Waals surface area contributed by atoms with E-state index >= 15 is 0 Å². The lowest BCUT2D eigenvalue weighted by Gasteiger charge is -1.92. The van der Waals surface area contributed by atoms with Gasteiger partial charge in [0.25, 0.3) is 0 Å². The van der Waals surface area contributed by atoms with E-state index in [2.05, 4.69) is 18.8 Å². The first kappa shape index (κ1) is 13.8. The van der Waals surface area contributed by atoms with Crippen LogP contribution < -0.4 is 0 Å². The van der Waals surface area contributed by atoms with Crippen LogP contribution in [0.4, 0.5) is 0 Å². The molecule has 0 saturated carbocycles. The number of nitrogens with zero attached hydrogens (tertiary/aromatic N) is 1. The summed E-state index contributed by atoms with van der Waals surface area (Å²) in [7, 11) is 1.62. The Morgan fingerprint density at radius 3 is 2.08 bits per heavy atom. The van der Waals surface area contributed by atoms with Crippen LogP contribution in [0.5, 0.6) is 0 Å². The van der Waals surface area contributed by atoms with Gasteiger partial charge < -0.3 is 4.74 Å². The van der Waals surface area contributed by atoms with Crippen molar-refractivity contribution in [2.45, 2.75) is 40.5 Å². The first-order valence-electron chi connectivity index (χ1n) is 4.41. The van der Waals surface area contributed by atoms with Crippen LogP contribution in [0.15, 0.2) is 17.0 Å². The highest BCUT2D eigenvalue weighted by molar-refractivity contribution is 5.54. The Balaban J connectivity index is 0. The molecule has 12 heavy (non-hydrogen) atoms. The molecule has 0 aromatic rings. The molecule has 0 amide bonds. The normalized spacial score (nSPS) is 10.9. The summed E-state index contributed by atoms with van der Waals surface area (Å²) in [5.74, 6) is 0.822. The summed E-state index contributed by atoms with van der Waals surface area (Å²) in [5.41, 5.74) is 0. The summed E-state index contributed by atoms with van der Waals surface area (Å²) in [5, 5.41) is 0. The highest BCUT2D eigenvalue weighted by Gasteiger charge is 1.76. The predicted octanol–water partition coefficient (Wildman–Crippen LogP) is 3.39. The third-order valence-corrected chi connectivity index (χ3v) is 1.23. The Morgan fingerprint density at radius 2 is 1.83 bits per heavy atom. The highest BCUT2D eigenvalue weighted by atomic mass is 16.5. The molecular weight excluding hydrogens is 150 g/mol. The van der Waals surface area contributed by atoms with E-state index in [0.29, 0.717) is 0 Å². The van der Waals surface area contributed by atoms with Crippen LogP contribution in [0.2, 0.25) is 0 Å². The molecule has 0 aliphatic carbocycles. The molecule has 0 saturated heterocycles.